The summed E-state index contributed by atoms with van der Waals surface area (Å²) in [7, 11) is 0. The van der Waals surface area contributed by atoms with Gasteiger partial charge in [-0.25, -0.2) is 0 Å². The number of pyridine rings is 1. The van der Waals surface area contributed by atoms with Crippen molar-refractivity contribution in [3.63, 3.8) is 0 Å². The normalized spacial score (nSPS) is 26.9. The van der Waals surface area contributed by atoms with Gasteiger partial charge in [0, 0.05) is 30.9 Å². The smallest absolute Gasteiger partial charge is 0.0464 e. The Bertz CT molecular complexity index is 318. The SMILES string of the molecule is c1cnc2c(c1)C(C1CC1)NCC2. The number of nitrogens with one attached hydrogen (secondary N) is 1. The number of nitrogens with zero attached hydrogens (tertiary/aromatic N) is 1. The Morgan fingerprint density at radius 3 is 3.15 bits per heavy atom. The molecule has 2 aliphatic rings. The molecule has 0 radical (unpaired) electrons. The zero-order chi connectivity index (χ0) is 8.67. The van der Waals surface area contributed by atoms with E-state index < -0.39 is 0 Å². The van der Waals surface area contributed by atoms with E-state index in [0.717, 1.165) is 18.9 Å². The minimum atomic E-state index is 0.609. The van der Waals surface area contributed by atoms with Gasteiger partial charge in [-0.3, -0.25) is 4.98 Å². The molecule has 0 aromatic carbocycles. The molecular formula is C11H14N2. The molecule has 1 N–H and O–H groups in total. The first-order valence-electron chi connectivity index (χ1n) is 5.12. The van der Waals surface area contributed by atoms with Crippen molar-refractivity contribution in [2.45, 2.75) is 25.3 Å². The molecule has 1 atom stereocenters. The molecule has 2 heterocycles. The second-order valence-corrected chi connectivity index (χ2v) is 4.06. The van der Waals surface area contributed by atoms with E-state index in [4.69, 9.17) is 0 Å². The third-order valence-electron chi connectivity index (χ3n) is 3.08. The van der Waals surface area contributed by atoms with Crippen LogP contribution in [0.4, 0.5) is 0 Å². The summed E-state index contributed by atoms with van der Waals surface area (Å²) in [6.45, 7) is 1.10. The van der Waals surface area contributed by atoms with Crippen LogP contribution in [0.3, 0.4) is 0 Å². The average molecular weight is 174 g/mol. The standard InChI is InChI=1S/C11H14N2/c1-2-9-10(12-6-1)5-7-13-11(9)8-3-4-8/h1-2,6,8,11,13H,3-5,7H2. The quantitative estimate of drug-likeness (QED) is 0.700. The first-order chi connectivity index (χ1) is 6.45. The highest BCUT2D eigenvalue weighted by atomic mass is 15.0. The van der Waals surface area contributed by atoms with Crippen LogP contribution in [0.2, 0.25) is 0 Å². The number of rotatable bonds is 1. The molecule has 1 saturated carbocycles. The lowest BCUT2D eigenvalue weighted by molar-refractivity contribution is 0.452. The summed E-state index contributed by atoms with van der Waals surface area (Å²) in [4.78, 5) is 4.44. The molecule has 1 aromatic heterocycles. The van der Waals surface area contributed by atoms with Gasteiger partial charge in [0.1, 0.15) is 0 Å². The first kappa shape index (κ1) is 7.51. The van der Waals surface area contributed by atoms with Gasteiger partial charge in [0.25, 0.3) is 0 Å². The lowest BCUT2D eigenvalue weighted by Gasteiger charge is -2.25. The molecule has 0 amide bonds. The first-order valence-corrected chi connectivity index (χ1v) is 5.12. The van der Waals surface area contributed by atoms with E-state index in [2.05, 4.69) is 22.4 Å². The summed E-state index contributed by atoms with van der Waals surface area (Å²) >= 11 is 0. The van der Waals surface area contributed by atoms with Crippen molar-refractivity contribution in [1.82, 2.24) is 10.3 Å². The molecule has 68 valence electrons. The Balaban J connectivity index is 2.00. The van der Waals surface area contributed by atoms with Crippen LogP contribution in [0.5, 0.6) is 0 Å². The van der Waals surface area contributed by atoms with Crippen LogP contribution in [0, 0.1) is 5.92 Å². The molecule has 2 heteroatoms. The highest BCUT2D eigenvalue weighted by Crippen LogP contribution is 2.42. The fourth-order valence-electron chi connectivity index (χ4n) is 2.25. The molecule has 13 heavy (non-hydrogen) atoms. The van der Waals surface area contributed by atoms with Gasteiger partial charge in [0.2, 0.25) is 0 Å². The molecule has 1 aliphatic heterocycles. The van der Waals surface area contributed by atoms with Gasteiger partial charge in [-0.2, -0.15) is 0 Å². The van der Waals surface area contributed by atoms with Crippen molar-refractivity contribution in [2.24, 2.45) is 5.92 Å². The van der Waals surface area contributed by atoms with E-state index in [1.165, 1.54) is 24.1 Å². The maximum atomic E-state index is 4.44. The molecule has 0 spiro atoms. The number of hydrogen-bond donors (Lipinski definition) is 1. The maximum Gasteiger partial charge on any atom is 0.0464 e. The van der Waals surface area contributed by atoms with E-state index in [0.29, 0.717) is 6.04 Å². The molecule has 0 bridgehead atoms. The minimum absolute atomic E-state index is 0.609. The molecule has 3 rings (SSSR count). The molecule has 1 aliphatic carbocycles. The fourth-order valence-corrected chi connectivity index (χ4v) is 2.25. The van der Waals surface area contributed by atoms with Crippen molar-refractivity contribution in [1.29, 1.82) is 0 Å². The van der Waals surface area contributed by atoms with Crippen LogP contribution < -0.4 is 5.32 Å². The van der Waals surface area contributed by atoms with Crippen LogP contribution in [0.15, 0.2) is 18.3 Å². The molecule has 1 aromatic rings. The van der Waals surface area contributed by atoms with Gasteiger partial charge in [-0.05, 0) is 30.4 Å². The average Bonchev–Trinajstić information content (AvgIpc) is 3.00. The maximum absolute atomic E-state index is 4.44. The van der Waals surface area contributed by atoms with Crippen LogP contribution >= 0.6 is 0 Å². The van der Waals surface area contributed by atoms with Crippen molar-refractivity contribution >= 4 is 0 Å². The third kappa shape index (κ3) is 1.25. The largest absolute Gasteiger partial charge is 0.309 e. The van der Waals surface area contributed by atoms with E-state index >= 15 is 0 Å². The Hall–Kier alpha value is -0.890. The number of aromatic nitrogens is 1. The predicted molar refractivity (Wildman–Crippen MR) is 51.4 cm³/mol. The third-order valence-corrected chi connectivity index (χ3v) is 3.08. The topological polar surface area (TPSA) is 24.9 Å². The summed E-state index contributed by atoms with van der Waals surface area (Å²) in [5, 5.41) is 3.60. The number of hydrogen-bond acceptors (Lipinski definition) is 2. The Labute approximate surface area is 78.4 Å². The fraction of sp³-hybridized carbons (Fsp3) is 0.545. The minimum Gasteiger partial charge on any atom is -0.309 e. The zero-order valence-corrected chi connectivity index (χ0v) is 7.66. The van der Waals surface area contributed by atoms with Crippen molar-refractivity contribution in [2.75, 3.05) is 6.54 Å². The molecule has 1 unspecified atom stereocenters. The van der Waals surface area contributed by atoms with E-state index in [9.17, 15) is 0 Å². The van der Waals surface area contributed by atoms with Crippen LogP contribution in [0.1, 0.15) is 30.1 Å². The highest BCUT2D eigenvalue weighted by Gasteiger charge is 2.34. The van der Waals surface area contributed by atoms with Crippen LogP contribution in [-0.2, 0) is 6.42 Å². The van der Waals surface area contributed by atoms with Crippen molar-refractivity contribution in [3.05, 3.63) is 29.6 Å². The van der Waals surface area contributed by atoms with Gasteiger partial charge < -0.3 is 5.32 Å². The van der Waals surface area contributed by atoms with Gasteiger partial charge in [0.15, 0.2) is 0 Å². The number of fused-ring (bicyclic) bond motifs is 1. The summed E-state index contributed by atoms with van der Waals surface area (Å²) in [5.74, 6) is 0.892. The highest BCUT2D eigenvalue weighted by molar-refractivity contribution is 5.28. The summed E-state index contributed by atoms with van der Waals surface area (Å²) in [6, 6.07) is 4.90. The van der Waals surface area contributed by atoms with Gasteiger partial charge >= 0.3 is 0 Å². The molecule has 0 saturated heterocycles. The monoisotopic (exact) mass is 174 g/mol. The zero-order valence-electron chi connectivity index (χ0n) is 7.66. The van der Waals surface area contributed by atoms with E-state index in [-0.39, 0.29) is 0 Å². The van der Waals surface area contributed by atoms with Gasteiger partial charge in [-0.1, -0.05) is 6.07 Å². The lowest BCUT2D eigenvalue weighted by atomic mass is 9.96. The molecule has 2 nitrogen and oxygen atoms in total. The molecule has 1 fully saturated rings. The Morgan fingerprint density at radius 2 is 2.31 bits per heavy atom. The second-order valence-electron chi connectivity index (χ2n) is 4.06. The van der Waals surface area contributed by atoms with Crippen LogP contribution in [-0.4, -0.2) is 11.5 Å². The van der Waals surface area contributed by atoms with Gasteiger partial charge in [-0.15, -0.1) is 0 Å². The van der Waals surface area contributed by atoms with Crippen molar-refractivity contribution in [3.8, 4) is 0 Å². The lowest BCUT2D eigenvalue weighted by Crippen LogP contribution is -2.31. The summed E-state index contributed by atoms with van der Waals surface area (Å²) in [6.07, 6.45) is 5.80. The summed E-state index contributed by atoms with van der Waals surface area (Å²) in [5.41, 5.74) is 2.77. The Morgan fingerprint density at radius 1 is 1.38 bits per heavy atom. The van der Waals surface area contributed by atoms with Gasteiger partial charge in [0.05, 0.1) is 0 Å². The van der Waals surface area contributed by atoms with Crippen LogP contribution in [0.25, 0.3) is 0 Å². The molecular weight excluding hydrogens is 160 g/mol. The van der Waals surface area contributed by atoms with E-state index in [1.807, 2.05) is 6.20 Å². The predicted octanol–water partition coefficient (Wildman–Crippen LogP) is 1.68. The Kier molecular flexibility index (Phi) is 1.62. The summed E-state index contributed by atoms with van der Waals surface area (Å²) < 4.78 is 0. The van der Waals surface area contributed by atoms with E-state index in [1.54, 1.807) is 0 Å². The van der Waals surface area contributed by atoms with Crippen molar-refractivity contribution < 1.29 is 0 Å². The second kappa shape index (κ2) is 2.81.